The van der Waals surface area contributed by atoms with Crippen LogP contribution >= 0.6 is 0 Å². The van der Waals surface area contributed by atoms with E-state index in [1.807, 2.05) is 13.1 Å². The van der Waals surface area contributed by atoms with Crippen LogP contribution in [0.5, 0.6) is 0 Å². The van der Waals surface area contributed by atoms with Crippen molar-refractivity contribution in [1.82, 2.24) is 4.90 Å². The van der Waals surface area contributed by atoms with Gasteiger partial charge in [-0.15, -0.1) is 0 Å². The van der Waals surface area contributed by atoms with E-state index >= 15 is 0 Å². The lowest BCUT2D eigenvalue weighted by molar-refractivity contribution is 0.238. The third kappa shape index (κ3) is 9.22. The van der Waals surface area contributed by atoms with Crippen LogP contribution in [0, 0.1) is 0 Å². The fourth-order valence-electron chi connectivity index (χ4n) is 3.97. The molecule has 0 aromatic heterocycles. The Hall–Kier alpha value is -1.52. The zero-order valence-corrected chi connectivity index (χ0v) is 19.7. The molecule has 0 amide bonds. The minimum absolute atomic E-state index is 0.225. The molecule has 29 heavy (non-hydrogen) atoms. The van der Waals surface area contributed by atoms with Gasteiger partial charge in [0, 0.05) is 18.5 Å². The molecule has 2 atom stereocenters. The number of nitrogens with two attached hydrogens (primary N) is 1. The normalized spacial score (nSPS) is 19.2. The van der Waals surface area contributed by atoms with Gasteiger partial charge in [0.1, 0.15) is 0 Å². The molecule has 0 bridgehead atoms. The molecular formula is C25H44N4. The zero-order chi connectivity index (χ0) is 21.6. The summed E-state index contributed by atoms with van der Waals surface area (Å²) in [6, 6.07) is 0.543. The quantitative estimate of drug-likeness (QED) is 0.318. The summed E-state index contributed by atoms with van der Waals surface area (Å²) in [4.78, 5) is 12.4. The van der Waals surface area contributed by atoms with Crippen LogP contribution in [-0.4, -0.2) is 48.5 Å². The Bertz CT molecular complexity index is 625. The number of aliphatic imine (C=N–C) groups is 2. The smallest absolute Gasteiger partial charge is 0.0658 e. The maximum absolute atomic E-state index is 5.72. The highest BCUT2D eigenvalue weighted by Gasteiger charge is 2.23. The second-order valence-electron chi connectivity index (χ2n) is 8.16. The maximum atomic E-state index is 5.72. The fraction of sp³-hybridized carbons (Fsp3) is 0.680. The van der Waals surface area contributed by atoms with E-state index in [2.05, 4.69) is 57.7 Å². The summed E-state index contributed by atoms with van der Waals surface area (Å²) in [6.45, 7) is 15.8. The monoisotopic (exact) mass is 400 g/mol. The molecule has 1 aliphatic rings. The first kappa shape index (κ1) is 25.5. The van der Waals surface area contributed by atoms with E-state index in [0.717, 1.165) is 51.7 Å². The van der Waals surface area contributed by atoms with Gasteiger partial charge in [0.25, 0.3) is 0 Å². The van der Waals surface area contributed by atoms with E-state index in [1.54, 1.807) is 0 Å². The molecule has 0 spiro atoms. The van der Waals surface area contributed by atoms with Crippen LogP contribution in [0.2, 0.25) is 0 Å². The SMILES string of the molecule is C/C=N\C(=C(/C)CCC)C(CC)N(CCCCCN)CC1=NC(C)C=CC(C)=C1. The van der Waals surface area contributed by atoms with Gasteiger partial charge < -0.3 is 5.73 Å². The lowest BCUT2D eigenvalue weighted by Crippen LogP contribution is -2.40. The number of hydrogen-bond donors (Lipinski definition) is 1. The van der Waals surface area contributed by atoms with Gasteiger partial charge in [-0.1, -0.05) is 44.4 Å². The van der Waals surface area contributed by atoms with Crippen molar-refractivity contribution in [3.05, 3.63) is 35.1 Å². The van der Waals surface area contributed by atoms with Crippen molar-refractivity contribution in [3.63, 3.8) is 0 Å². The molecule has 0 aromatic carbocycles. The summed E-state index contributed by atoms with van der Waals surface area (Å²) in [6.07, 6.45) is 15.3. The summed E-state index contributed by atoms with van der Waals surface area (Å²) >= 11 is 0. The van der Waals surface area contributed by atoms with Crippen molar-refractivity contribution in [2.45, 2.75) is 92.2 Å². The van der Waals surface area contributed by atoms with E-state index in [-0.39, 0.29) is 6.04 Å². The van der Waals surface area contributed by atoms with Crippen LogP contribution in [0.25, 0.3) is 0 Å². The van der Waals surface area contributed by atoms with Crippen molar-refractivity contribution in [3.8, 4) is 0 Å². The average molecular weight is 401 g/mol. The van der Waals surface area contributed by atoms with Crippen molar-refractivity contribution in [2.24, 2.45) is 15.7 Å². The molecule has 0 aliphatic carbocycles. The van der Waals surface area contributed by atoms with Crippen LogP contribution in [-0.2, 0) is 0 Å². The largest absolute Gasteiger partial charge is 0.330 e. The molecule has 4 nitrogen and oxygen atoms in total. The molecule has 0 saturated carbocycles. The summed E-state index contributed by atoms with van der Waals surface area (Å²) in [5, 5.41) is 0. The van der Waals surface area contributed by atoms with Crippen molar-refractivity contribution < 1.29 is 0 Å². The van der Waals surface area contributed by atoms with Crippen molar-refractivity contribution in [1.29, 1.82) is 0 Å². The Morgan fingerprint density at radius 3 is 2.69 bits per heavy atom. The highest BCUT2D eigenvalue weighted by molar-refractivity contribution is 5.98. The third-order valence-electron chi connectivity index (χ3n) is 5.39. The second-order valence-corrected chi connectivity index (χ2v) is 8.16. The topological polar surface area (TPSA) is 54.0 Å². The second kappa shape index (κ2) is 14.5. The Morgan fingerprint density at radius 1 is 1.31 bits per heavy atom. The van der Waals surface area contributed by atoms with Crippen LogP contribution in [0.1, 0.15) is 80.1 Å². The predicted molar refractivity (Wildman–Crippen MR) is 130 cm³/mol. The van der Waals surface area contributed by atoms with Gasteiger partial charge in [0.15, 0.2) is 0 Å². The van der Waals surface area contributed by atoms with Gasteiger partial charge >= 0.3 is 0 Å². The van der Waals surface area contributed by atoms with Gasteiger partial charge in [-0.25, -0.2) is 0 Å². The molecular weight excluding hydrogens is 356 g/mol. The number of rotatable bonds is 13. The van der Waals surface area contributed by atoms with Crippen molar-refractivity contribution >= 4 is 11.9 Å². The Morgan fingerprint density at radius 2 is 2.07 bits per heavy atom. The van der Waals surface area contributed by atoms with Gasteiger partial charge in [0.05, 0.1) is 17.8 Å². The summed E-state index contributed by atoms with van der Waals surface area (Å²) in [5.74, 6) is 0. The van der Waals surface area contributed by atoms with E-state index < -0.39 is 0 Å². The van der Waals surface area contributed by atoms with Crippen LogP contribution < -0.4 is 5.73 Å². The molecule has 4 heteroatoms. The van der Waals surface area contributed by atoms with Gasteiger partial charge in [0.2, 0.25) is 0 Å². The number of unbranched alkanes of at least 4 members (excludes halogenated alkanes) is 2. The lowest BCUT2D eigenvalue weighted by atomic mass is 10.0. The zero-order valence-electron chi connectivity index (χ0n) is 19.7. The van der Waals surface area contributed by atoms with E-state index in [0.29, 0.717) is 6.04 Å². The molecule has 0 saturated heterocycles. The first-order chi connectivity index (χ1) is 14.0. The first-order valence-electron chi connectivity index (χ1n) is 11.5. The van der Waals surface area contributed by atoms with Crippen LogP contribution in [0.4, 0.5) is 0 Å². The molecule has 0 aromatic rings. The number of nitrogens with zero attached hydrogens (tertiary/aromatic N) is 3. The van der Waals surface area contributed by atoms with Gasteiger partial charge in [-0.2, -0.15) is 0 Å². The molecule has 2 N–H and O–H groups in total. The molecule has 1 heterocycles. The fourth-order valence-corrected chi connectivity index (χ4v) is 3.97. The van der Waals surface area contributed by atoms with E-state index in [4.69, 9.17) is 15.7 Å². The van der Waals surface area contributed by atoms with Gasteiger partial charge in [-0.05, 0) is 78.1 Å². The molecule has 2 unspecified atom stereocenters. The highest BCUT2D eigenvalue weighted by atomic mass is 15.2. The number of hydrogen-bond acceptors (Lipinski definition) is 4. The molecule has 0 radical (unpaired) electrons. The number of allylic oxidation sites excluding steroid dienone is 3. The third-order valence-corrected chi connectivity index (χ3v) is 5.39. The Balaban J connectivity index is 3.19. The molecule has 1 rings (SSSR count). The summed E-state index contributed by atoms with van der Waals surface area (Å²) in [5.41, 5.74) is 10.8. The minimum atomic E-state index is 0.225. The lowest BCUT2D eigenvalue weighted by Gasteiger charge is -2.33. The van der Waals surface area contributed by atoms with E-state index in [9.17, 15) is 0 Å². The molecule has 164 valence electrons. The van der Waals surface area contributed by atoms with E-state index in [1.165, 1.54) is 29.0 Å². The Labute approximate surface area is 179 Å². The predicted octanol–water partition coefficient (Wildman–Crippen LogP) is 5.71. The molecule has 1 aliphatic heterocycles. The van der Waals surface area contributed by atoms with Crippen molar-refractivity contribution in [2.75, 3.05) is 19.6 Å². The average Bonchev–Trinajstić information content (AvgIpc) is 2.84. The molecule has 0 fully saturated rings. The Kier molecular flexibility index (Phi) is 12.7. The summed E-state index contributed by atoms with van der Waals surface area (Å²) < 4.78 is 0. The minimum Gasteiger partial charge on any atom is -0.330 e. The highest BCUT2D eigenvalue weighted by Crippen LogP contribution is 2.23. The van der Waals surface area contributed by atoms with Gasteiger partial charge in [-0.3, -0.25) is 14.9 Å². The maximum Gasteiger partial charge on any atom is 0.0658 e. The summed E-state index contributed by atoms with van der Waals surface area (Å²) in [7, 11) is 0. The standard InChI is InChI=1S/C25H44N4/c1-7-13-21(5)25(27-9-3)24(8-2)29(17-12-10-11-16-26)19-23-18-20(4)14-15-22(6)28-23/h9,14-15,18,22,24H,7-8,10-13,16-17,19,26H2,1-6H3/b25-21+,27-9-. The van der Waals surface area contributed by atoms with Crippen LogP contribution in [0.3, 0.4) is 0 Å². The first-order valence-corrected chi connectivity index (χ1v) is 11.5. The van der Waals surface area contributed by atoms with Crippen LogP contribution in [0.15, 0.2) is 45.1 Å².